The third-order valence-corrected chi connectivity index (χ3v) is 5.21. The third-order valence-electron chi connectivity index (χ3n) is 2.98. The van der Waals surface area contributed by atoms with E-state index in [1.165, 1.54) is 12.1 Å². The molecule has 1 aromatic carbocycles. The molecule has 0 aromatic heterocycles. The highest BCUT2D eigenvalue weighted by atomic mass is 35.5. The molecule has 18 heavy (non-hydrogen) atoms. The molecule has 0 radical (unpaired) electrons. The summed E-state index contributed by atoms with van der Waals surface area (Å²) in [7, 11) is -3.70. The topological polar surface area (TPSA) is 77.8 Å². The van der Waals surface area contributed by atoms with E-state index in [0.717, 1.165) is 4.31 Å². The molecule has 2 unspecified atom stereocenters. The molecule has 2 atom stereocenters. The van der Waals surface area contributed by atoms with E-state index < -0.39 is 22.2 Å². The first-order valence-corrected chi connectivity index (χ1v) is 7.26. The van der Waals surface area contributed by atoms with Gasteiger partial charge in [0.2, 0.25) is 10.0 Å². The molecule has 2 N–H and O–H groups in total. The summed E-state index contributed by atoms with van der Waals surface area (Å²) in [6.45, 7) is 1.47. The lowest BCUT2D eigenvalue weighted by atomic mass is 10.2. The van der Waals surface area contributed by atoms with Crippen LogP contribution >= 0.6 is 11.6 Å². The summed E-state index contributed by atoms with van der Waals surface area (Å²) in [5, 5.41) is 19.3. The van der Waals surface area contributed by atoms with Gasteiger partial charge in [0.1, 0.15) is 0 Å². The number of benzene rings is 1. The van der Waals surface area contributed by atoms with E-state index in [2.05, 4.69) is 0 Å². The molecule has 1 heterocycles. The Hall–Kier alpha value is -0.660. The number of aryl methyl sites for hydroxylation is 1. The molecule has 0 amide bonds. The van der Waals surface area contributed by atoms with Gasteiger partial charge in [-0.3, -0.25) is 0 Å². The predicted octanol–water partition coefficient (Wildman–Crippen LogP) is 0.375. The van der Waals surface area contributed by atoms with Crippen molar-refractivity contribution in [3.05, 3.63) is 28.8 Å². The van der Waals surface area contributed by atoms with Gasteiger partial charge < -0.3 is 10.2 Å². The molecule has 1 saturated heterocycles. The van der Waals surface area contributed by atoms with E-state index in [-0.39, 0.29) is 18.0 Å². The normalized spacial score (nSPS) is 25.6. The van der Waals surface area contributed by atoms with Crippen LogP contribution in [0.25, 0.3) is 0 Å². The van der Waals surface area contributed by atoms with E-state index in [4.69, 9.17) is 11.6 Å². The van der Waals surface area contributed by atoms with Gasteiger partial charge in [-0.15, -0.1) is 0 Å². The van der Waals surface area contributed by atoms with Crippen molar-refractivity contribution in [1.29, 1.82) is 0 Å². The van der Waals surface area contributed by atoms with Gasteiger partial charge in [-0.25, -0.2) is 8.42 Å². The van der Waals surface area contributed by atoms with Gasteiger partial charge in [-0.2, -0.15) is 4.31 Å². The number of hydrogen-bond donors (Lipinski definition) is 2. The molecule has 1 fully saturated rings. The fraction of sp³-hybridized carbons (Fsp3) is 0.455. The Balaban J connectivity index is 2.37. The summed E-state index contributed by atoms with van der Waals surface area (Å²) in [5.41, 5.74) is 0.540. The minimum absolute atomic E-state index is 0.0917. The summed E-state index contributed by atoms with van der Waals surface area (Å²) in [6, 6.07) is 4.51. The molecule has 5 nitrogen and oxygen atoms in total. The number of β-amino-alcohol motifs (C(OH)–C–C–N with tert-alkyl or cyclic N) is 2. The van der Waals surface area contributed by atoms with Crippen LogP contribution in [0.4, 0.5) is 0 Å². The van der Waals surface area contributed by atoms with Crippen molar-refractivity contribution in [2.75, 3.05) is 13.1 Å². The standard InChI is InChI=1S/C11H14ClNO4S/c1-7-4-8(12)2-3-11(7)18(16,17)13-5-9(14)10(15)6-13/h2-4,9-10,14-15H,5-6H2,1H3. The van der Waals surface area contributed by atoms with Crippen molar-refractivity contribution in [2.24, 2.45) is 0 Å². The van der Waals surface area contributed by atoms with Gasteiger partial charge in [-0.1, -0.05) is 11.6 Å². The van der Waals surface area contributed by atoms with Gasteiger partial charge in [0.05, 0.1) is 17.1 Å². The molecule has 0 saturated carbocycles. The molecular formula is C11H14ClNO4S. The fourth-order valence-corrected chi connectivity index (χ4v) is 3.88. The molecule has 0 aliphatic carbocycles. The van der Waals surface area contributed by atoms with Crippen LogP contribution in [-0.4, -0.2) is 48.2 Å². The molecule has 0 spiro atoms. The van der Waals surface area contributed by atoms with Gasteiger partial charge in [0.15, 0.2) is 0 Å². The molecule has 0 bridgehead atoms. The van der Waals surface area contributed by atoms with E-state index in [9.17, 15) is 18.6 Å². The minimum Gasteiger partial charge on any atom is -0.389 e. The van der Waals surface area contributed by atoms with Crippen molar-refractivity contribution < 1.29 is 18.6 Å². The molecule has 7 heteroatoms. The summed E-state index contributed by atoms with van der Waals surface area (Å²) in [6.07, 6.45) is -2.07. The van der Waals surface area contributed by atoms with E-state index >= 15 is 0 Å². The summed E-state index contributed by atoms with van der Waals surface area (Å²) < 4.78 is 25.7. The molecule has 1 aliphatic rings. The van der Waals surface area contributed by atoms with Crippen molar-refractivity contribution in [3.63, 3.8) is 0 Å². The number of halogens is 1. The zero-order valence-corrected chi connectivity index (χ0v) is 11.3. The van der Waals surface area contributed by atoms with Crippen LogP contribution in [0.15, 0.2) is 23.1 Å². The molecular weight excluding hydrogens is 278 g/mol. The predicted molar refractivity (Wildman–Crippen MR) is 67.0 cm³/mol. The third kappa shape index (κ3) is 2.39. The van der Waals surface area contributed by atoms with Crippen molar-refractivity contribution in [1.82, 2.24) is 4.31 Å². The van der Waals surface area contributed by atoms with E-state index in [0.29, 0.717) is 10.6 Å². The van der Waals surface area contributed by atoms with Crippen LogP contribution in [0, 0.1) is 6.92 Å². The van der Waals surface area contributed by atoms with Crippen molar-refractivity contribution >= 4 is 21.6 Å². The quantitative estimate of drug-likeness (QED) is 0.825. The van der Waals surface area contributed by atoms with Gasteiger partial charge in [-0.05, 0) is 30.7 Å². The number of nitrogens with zero attached hydrogens (tertiary/aromatic N) is 1. The minimum atomic E-state index is -3.70. The number of aliphatic hydroxyl groups excluding tert-OH is 2. The lowest BCUT2D eigenvalue weighted by Crippen LogP contribution is -2.30. The second kappa shape index (κ2) is 4.79. The van der Waals surface area contributed by atoms with Crippen LogP contribution in [0.5, 0.6) is 0 Å². The van der Waals surface area contributed by atoms with Crippen LogP contribution < -0.4 is 0 Å². The highest BCUT2D eigenvalue weighted by Crippen LogP contribution is 2.25. The Morgan fingerprint density at radius 3 is 2.33 bits per heavy atom. The van der Waals surface area contributed by atoms with E-state index in [1.54, 1.807) is 13.0 Å². The maximum absolute atomic E-state index is 12.3. The summed E-state index contributed by atoms with van der Waals surface area (Å²) >= 11 is 5.78. The Morgan fingerprint density at radius 1 is 1.28 bits per heavy atom. The van der Waals surface area contributed by atoms with Gasteiger partial charge >= 0.3 is 0 Å². The maximum Gasteiger partial charge on any atom is 0.243 e. The second-order valence-corrected chi connectivity index (χ2v) is 6.71. The first-order valence-electron chi connectivity index (χ1n) is 5.45. The number of sulfonamides is 1. The smallest absolute Gasteiger partial charge is 0.243 e. The van der Waals surface area contributed by atoms with Crippen LogP contribution in [0.1, 0.15) is 5.56 Å². The van der Waals surface area contributed by atoms with Crippen LogP contribution in [0.3, 0.4) is 0 Å². The summed E-state index contributed by atoms with van der Waals surface area (Å²) in [4.78, 5) is 0.146. The fourth-order valence-electron chi connectivity index (χ4n) is 1.97. The molecule has 1 aliphatic heterocycles. The lowest BCUT2D eigenvalue weighted by molar-refractivity contribution is 0.0572. The van der Waals surface area contributed by atoms with Crippen LogP contribution in [0.2, 0.25) is 5.02 Å². The average Bonchev–Trinajstić information content (AvgIpc) is 2.59. The number of aliphatic hydroxyl groups is 2. The van der Waals surface area contributed by atoms with Gasteiger partial charge in [0.25, 0.3) is 0 Å². The second-order valence-electron chi connectivity index (χ2n) is 4.37. The largest absolute Gasteiger partial charge is 0.389 e. The van der Waals surface area contributed by atoms with Crippen LogP contribution in [-0.2, 0) is 10.0 Å². The Kier molecular flexibility index (Phi) is 3.66. The molecule has 2 rings (SSSR count). The molecule has 100 valence electrons. The zero-order valence-electron chi connectivity index (χ0n) is 9.75. The number of rotatable bonds is 2. The highest BCUT2D eigenvalue weighted by molar-refractivity contribution is 7.89. The highest BCUT2D eigenvalue weighted by Gasteiger charge is 2.37. The summed E-state index contributed by atoms with van der Waals surface area (Å²) in [5.74, 6) is 0. The monoisotopic (exact) mass is 291 g/mol. The average molecular weight is 292 g/mol. The SMILES string of the molecule is Cc1cc(Cl)ccc1S(=O)(=O)N1CC(O)C(O)C1. The van der Waals surface area contributed by atoms with E-state index in [1.807, 2.05) is 0 Å². The Labute approximate surface area is 111 Å². The number of hydrogen-bond acceptors (Lipinski definition) is 4. The maximum atomic E-state index is 12.3. The Morgan fingerprint density at radius 2 is 1.83 bits per heavy atom. The zero-order chi connectivity index (χ0) is 13.5. The molecule has 1 aromatic rings. The Bertz CT molecular complexity index is 550. The lowest BCUT2D eigenvalue weighted by Gasteiger charge is -2.17. The first-order chi connectivity index (χ1) is 8.32. The first kappa shape index (κ1) is 13.8. The van der Waals surface area contributed by atoms with Gasteiger partial charge in [0, 0.05) is 18.1 Å². The van der Waals surface area contributed by atoms with Crippen molar-refractivity contribution in [2.45, 2.75) is 24.0 Å². The van der Waals surface area contributed by atoms with Crippen molar-refractivity contribution in [3.8, 4) is 0 Å².